The summed E-state index contributed by atoms with van der Waals surface area (Å²) in [5.74, 6) is 0. The molecule has 0 heterocycles. The molecule has 23 heavy (non-hydrogen) atoms. The zero-order valence-corrected chi connectivity index (χ0v) is 14.3. The summed E-state index contributed by atoms with van der Waals surface area (Å²) in [6, 6.07) is 24.1. The molecule has 0 radical (unpaired) electrons. The average molecular weight is 300 g/mol. The lowest BCUT2D eigenvalue weighted by Crippen LogP contribution is -2.00. The van der Waals surface area contributed by atoms with Crippen molar-refractivity contribution in [2.75, 3.05) is 0 Å². The molecule has 0 saturated heterocycles. The highest BCUT2D eigenvalue weighted by Gasteiger charge is 2.12. The van der Waals surface area contributed by atoms with Crippen LogP contribution in [0.1, 0.15) is 34.7 Å². The molecule has 0 aromatic heterocycles. The van der Waals surface area contributed by atoms with E-state index in [1.54, 1.807) is 0 Å². The normalized spacial score (nSPS) is 10.7. The Hall–Kier alpha value is -2.34. The van der Waals surface area contributed by atoms with Crippen molar-refractivity contribution in [2.24, 2.45) is 0 Å². The zero-order valence-electron chi connectivity index (χ0n) is 14.3. The van der Waals surface area contributed by atoms with Gasteiger partial charge in [-0.2, -0.15) is 0 Å². The molecule has 3 rings (SSSR count). The molecule has 0 heteroatoms. The van der Waals surface area contributed by atoms with Crippen LogP contribution in [0.25, 0.3) is 11.1 Å². The van der Waals surface area contributed by atoms with E-state index in [1.807, 2.05) is 0 Å². The Labute approximate surface area is 139 Å². The summed E-state index contributed by atoms with van der Waals surface area (Å²) in [6.45, 7) is 6.70. The van der Waals surface area contributed by atoms with Crippen molar-refractivity contribution in [1.82, 2.24) is 0 Å². The summed E-state index contributed by atoms with van der Waals surface area (Å²) in [5, 5.41) is 0. The Balaban J connectivity index is 2.12. The summed E-state index contributed by atoms with van der Waals surface area (Å²) in [5.41, 5.74) is 9.80. The fourth-order valence-electron chi connectivity index (χ4n) is 3.26. The molecule has 0 bridgehead atoms. The maximum Gasteiger partial charge on any atom is -0.00142 e. The molecule has 3 aromatic carbocycles. The predicted octanol–water partition coefficient (Wildman–Crippen LogP) is 6.12. The Kier molecular flexibility index (Phi) is 4.62. The molecule has 0 amide bonds. The third-order valence-corrected chi connectivity index (χ3v) is 4.82. The van der Waals surface area contributed by atoms with Gasteiger partial charge in [-0.15, -0.1) is 0 Å². The molecule has 0 saturated carbocycles. The fraction of sp³-hybridized carbons (Fsp3) is 0.217. The smallest absolute Gasteiger partial charge is 0.00142 e. The Morgan fingerprint density at radius 3 is 2.04 bits per heavy atom. The van der Waals surface area contributed by atoms with Crippen molar-refractivity contribution < 1.29 is 0 Å². The van der Waals surface area contributed by atoms with Gasteiger partial charge in [0.15, 0.2) is 0 Å². The van der Waals surface area contributed by atoms with E-state index in [-0.39, 0.29) is 0 Å². The molecule has 0 spiro atoms. The van der Waals surface area contributed by atoms with E-state index in [4.69, 9.17) is 0 Å². The first-order valence-electron chi connectivity index (χ1n) is 8.42. The van der Waals surface area contributed by atoms with Crippen molar-refractivity contribution in [2.45, 2.75) is 33.6 Å². The van der Waals surface area contributed by atoms with E-state index in [0.29, 0.717) is 0 Å². The van der Waals surface area contributed by atoms with Gasteiger partial charge in [-0.25, -0.2) is 0 Å². The van der Waals surface area contributed by atoms with Gasteiger partial charge in [0.05, 0.1) is 0 Å². The van der Waals surface area contributed by atoms with Crippen LogP contribution in [0.5, 0.6) is 0 Å². The Morgan fingerprint density at radius 1 is 0.696 bits per heavy atom. The molecule has 0 aliphatic rings. The second-order valence-corrected chi connectivity index (χ2v) is 6.20. The molecule has 3 aromatic rings. The van der Waals surface area contributed by atoms with Crippen LogP contribution in [-0.2, 0) is 12.8 Å². The largest absolute Gasteiger partial charge is 0.0622 e. The maximum absolute atomic E-state index is 2.28. The summed E-state index contributed by atoms with van der Waals surface area (Å²) >= 11 is 0. The van der Waals surface area contributed by atoms with Gasteiger partial charge < -0.3 is 0 Å². The molecule has 0 nitrogen and oxygen atoms in total. The Bertz CT molecular complexity index is 798. The number of aryl methyl sites for hydroxylation is 2. The molecular weight excluding hydrogens is 276 g/mol. The molecule has 0 aliphatic carbocycles. The van der Waals surface area contributed by atoms with Crippen molar-refractivity contribution in [3.8, 4) is 11.1 Å². The predicted molar refractivity (Wildman–Crippen MR) is 100.0 cm³/mol. The van der Waals surface area contributed by atoms with Gasteiger partial charge >= 0.3 is 0 Å². The van der Waals surface area contributed by atoms with Crippen LogP contribution < -0.4 is 0 Å². The third kappa shape index (κ3) is 3.22. The molecule has 0 fully saturated rings. The van der Waals surface area contributed by atoms with Crippen LogP contribution in [0.15, 0.2) is 66.7 Å². The number of benzene rings is 3. The van der Waals surface area contributed by atoms with Gasteiger partial charge in [0, 0.05) is 0 Å². The lowest BCUT2D eigenvalue weighted by molar-refractivity contribution is 1.05. The molecule has 0 N–H and O–H groups in total. The highest BCUT2D eigenvalue weighted by molar-refractivity contribution is 5.70. The van der Waals surface area contributed by atoms with Crippen molar-refractivity contribution in [3.63, 3.8) is 0 Å². The van der Waals surface area contributed by atoms with Gasteiger partial charge in [0.25, 0.3) is 0 Å². The first-order chi connectivity index (χ1) is 11.2. The SMILES string of the molecule is CCc1ccccc1Cc1c(-c2ccccc2)ccc(C)c1C. The van der Waals surface area contributed by atoms with Crippen LogP contribution >= 0.6 is 0 Å². The summed E-state index contributed by atoms with van der Waals surface area (Å²) in [7, 11) is 0. The average Bonchev–Trinajstić information content (AvgIpc) is 2.60. The van der Waals surface area contributed by atoms with Gasteiger partial charge in [-0.05, 0) is 65.6 Å². The zero-order chi connectivity index (χ0) is 16.2. The summed E-state index contributed by atoms with van der Waals surface area (Å²) in [4.78, 5) is 0. The highest BCUT2D eigenvalue weighted by Crippen LogP contribution is 2.30. The number of rotatable bonds is 4. The van der Waals surface area contributed by atoms with E-state index in [1.165, 1.54) is 38.9 Å². The minimum absolute atomic E-state index is 1.00. The lowest BCUT2D eigenvalue weighted by Gasteiger charge is -2.17. The first kappa shape index (κ1) is 15.6. The fourth-order valence-corrected chi connectivity index (χ4v) is 3.26. The molecule has 0 atom stereocenters. The number of hydrogen-bond donors (Lipinski definition) is 0. The Morgan fingerprint density at radius 2 is 1.35 bits per heavy atom. The minimum atomic E-state index is 1.00. The van der Waals surface area contributed by atoms with Gasteiger partial charge in [-0.3, -0.25) is 0 Å². The van der Waals surface area contributed by atoms with Crippen molar-refractivity contribution in [3.05, 3.63) is 94.5 Å². The lowest BCUT2D eigenvalue weighted by atomic mass is 9.88. The second kappa shape index (κ2) is 6.83. The van der Waals surface area contributed by atoms with Gasteiger partial charge in [0.2, 0.25) is 0 Å². The molecule has 0 unspecified atom stereocenters. The maximum atomic E-state index is 2.28. The van der Waals surface area contributed by atoms with Crippen LogP contribution in [0.3, 0.4) is 0 Å². The summed E-state index contributed by atoms with van der Waals surface area (Å²) < 4.78 is 0. The number of hydrogen-bond acceptors (Lipinski definition) is 0. The standard InChI is InChI=1S/C23H24/c1-4-19-10-8-9-13-21(19)16-23-18(3)17(2)14-15-22(23)20-11-6-5-7-12-20/h5-15H,4,16H2,1-3H3. The van der Waals surface area contributed by atoms with Crippen LogP contribution in [0, 0.1) is 13.8 Å². The minimum Gasteiger partial charge on any atom is -0.0622 e. The topological polar surface area (TPSA) is 0 Å². The quantitative estimate of drug-likeness (QED) is 0.544. The van der Waals surface area contributed by atoms with E-state index in [0.717, 1.165) is 12.8 Å². The van der Waals surface area contributed by atoms with E-state index in [9.17, 15) is 0 Å². The molecule has 116 valence electrons. The van der Waals surface area contributed by atoms with Crippen molar-refractivity contribution in [1.29, 1.82) is 0 Å². The molecular formula is C23H24. The van der Waals surface area contributed by atoms with E-state index < -0.39 is 0 Å². The van der Waals surface area contributed by atoms with E-state index in [2.05, 4.69) is 87.5 Å². The molecule has 0 aliphatic heterocycles. The summed E-state index contributed by atoms with van der Waals surface area (Å²) in [6.07, 6.45) is 2.09. The highest BCUT2D eigenvalue weighted by atomic mass is 14.2. The van der Waals surface area contributed by atoms with Crippen LogP contribution in [-0.4, -0.2) is 0 Å². The van der Waals surface area contributed by atoms with Crippen LogP contribution in [0.4, 0.5) is 0 Å². The van der Waals surface area contributed by atoms with Crippen LogP contribution in [0.2, 0.25) is 0 Å². The van der Waals surface area contributed by atoms with E-state index >= 15 is 0 Å². The van der Waals surface area contributed by atoms with Crippen molar-refractivity contribution >= 4 is 0 Å². The second-order valence-electron chi connectivity index (χ2n) is 6.20. The third-order valence-electron chi connectivity index (χ3n) is 4.82. The van der Waals surface area contributed by atoms with Gasteiger partial charge in [-0.1, -0.05) is 73.7 Å². The van der Waals surface area contributed by atoms with Gasteiger partial charge in [0.1, 0.15) is 0 Å². The monoisotopic (exact) mass is 300 g/mol. The first-order valence-corrected chi connectivity index (χ1v) is 8.42.